The van der Waals surface area contributed by atoms with Crippen molar-refractivity contribution >= 4 is 6.09 Å². The van der Waals surface area contributed by atoms with Crippen LogP contribution in [0.2, 0.25) is 0 Å². The summed E-state index contributed by atoms with van der Waals surface area (Å²) in [6, 6.07) is 0. The maximum atomic E-state index is 12.4. The van der Waals surface area contributed by atoms with Gasteiger partial charge in [0.15, 0.2) is 0 Å². The highest BCUT2D eigenvalue weighted by atomic mass is 16.6. The van der Waals surface area contributed by atoms with Crippen LogP contribution in [0.4, 0.5) is 4.79 Å². The summed E-state index contributed by atoms with van der Waals surface area (Å²) in [6.45, 7) is 7.91. The Hall–Kier alpha value is -2.05. The molecule has 0 aromatic rings. The van der Waals surface area contributed by atoms with Crippen LogP contribution in [0.25, 0.3) is 0 Å². The summed E-state index contributed by atoms with van der Waals surface area (Å²) >= 11 is 0. The van der Waals surface area contributed by atoms with E-state index in [4.69, 9.17) is 10.5 Å². The summed E-state index contributed by atoms with van der Waals surface area (Å²) in [5.41, 5.74) is 13.0. The number of ether oxygens (including phenoxy) is 1. The topological polar surface area (TPSA) is 82.9 Å². The highest BCUT2D eigenvalue weighted by Crippen LogP contribution is 2.45. The lowest BCUT2D eigenvalue weighted by atomic mass is 10.1. The SMILES string of the molecule is CC(C)(C)OC(=O)N1CCN(C2=CNNC=C2N)CC12CC2. The molecular weight excluding hydrogens is 282 g/mol. The van der Waals surface area contributed by atoms with E-state index in [1.54, 1.807) is 6.20 Å². The zero-order valence-electron chi connectivity index (χ0n) is 13.5. The van der Waals surface area contributed by atoms with Gasteiger partial charge in [-0.2, -0.15) is 0 Å². The van der Waals surface area contributed by atoms with E-state index in [0.717, 1.165) is 31.6 Å². The zero-order chi connectivity index (χ0) is 16.0. The molecule has 22 heavy (non-hydrogen) atoms. The summed E-state index contributed by atoms with van der Waals surface area (Å²) in [6.07, 6.45) is 5.45. The molecule has 3 aliphatic rings. The van der Waals surface area contributed by atoms with Gasteiger partial charge in [0.25, 0.3) is 0 Å². The monoisotopic (exact) mass is 307 g/mol. The molecule has 1 saturated carbocycles. The number of carbonyl (C=O) groups excluding carboxylic acids is 1. The van der Waals surface area contributed by atoms with Gasteiger partial charge in [0.05, 0.1) is 16.9 Å². The minimum atomic E-state index is -0.459. The van der Waals surface area contributed by atoms with E-state index >= 15 is 0 Å². The first-order valence-electron chi connectivity index (χ1n) is 7.74. The van der Waals surface area contributed by atoms with Gasteiger partial charge < -0.3 is 26.2 Å². The van der Waals surface area contributed by atoms with E-state index in [1.807, 2.05) is 31.9 Å². The van der Waals surface area contributed by atoms with Crippen LogP contribution in [0.5, 0.6) is 0 Å². The minimum absolute atomic E-state index is 0.0907. The number of amides is 1. The molecule has 122 valence electrons. The Morgan fingerprint density at radius 1 is 1.27 bits per heavy atom. The molecule has 0 unspecified atom stereocenters. The Bertz CT molecular complexity index is 531. The van der Waals surface area contributed by atoms with Gasteiger partial charge in [-0.05, 0) is 33.6 Å². The van der Waals surface area contributed by atoms with Crippen LogP contribution in [-0.4, -0.2) is 46.7 Å². The van der Waals surface area contributed by atoms with E-state index in [1.165, 1.54) is 0 Å². The Balaban J connectivity index is 1.70. The van der Waals surface area contributed by atoms with E-state index in [2.05, 4.69) is 15.8 Å². The van der Waals surface area contributed by atoms with Crippen LogP contribution >= 0.6 is 0 Å². The summed E-state index contributed by atoms with van der Waals surface area (Å²) in [5.74, 6) is 0. The molecule has 2 aliphatic heterocycles. The maximum Gasteiger partial charge on any atom is 0.410 e. The fraction of sp³-hybridized carbons (Fsp3) is 0.667. The fourth-order valence-electron chi connectivity index (χ4n) is 3.02. The molecule has 7 nitrogen and oxygen atoms in total. The number of nitrogens with one attached hydrogen (secondary N) is 2. The average Bonchev–Trinajstić information content (AvgIpc) is 3.17. The van der Waals surface area contributed by atoms with Crippen molar-refractivity contribution in [1.82, 2.24) is 20.7 Å². The van der Waals surface area contributed by atoms with E-state index in [0.29, 0.717) is 12.2 Å². The van der Waals surface area contributed by atoms with Crippen LogP contribution in [0.1, 0.15) is 33.6 Å². The predicted molar refractivity (Wildman–Crippen MR) is 83.1 cm³/mol. The second-order valence-electron chi connectivity index (χ2n) is 7.20. The van der Waals surface area contributed by atoms with Gasteiger partial charge in [-0.15, -0.1) is 0 Å². The van der Waals surface area contributed by atoms with Crippen molar-refractivity contribution < 1.29 is 9.53 Å². The number of carbonyl (C=O) groups is 1. The van der Waals surface area contributed by atoms with Gasteiger partial charge in [-0.1, -0.05) is 0 Å². The number of hydrazine groups is 1. The van der Waals surface area contributed by atoms with Gasteiger partial charge in [-0.25, -0.2) is 4.79 Å². The number of hydrogen-bond donors (Lipinski definition) is 3. The largest absolute Gasteiger partial charge is 0.444 e. The van der Waals surface area contributed by atoms with Crippen LogP contribution in [-0.2, 0) is 4.74 Å². The van der Waals surface area contributed by atoms with Crippen molar-refractivity contribution in [2.75, 3.05) is 19.6 Å². The lowest BCUT2D eigenvalue weighted by Gasteiger charge is -2.44. The van der Waals surface area contributed by atoms with Gasteiger partial charge in [0.1, 0.15) is 5.60 Å². The van der Waals surface area contributed by atoms with Gasteiger partial charge in [0.2, 0.25) is 0 Å². The Kier molecular flexibility index (Phi) is 3.38. The number of nitrogens with zero attached hydrogens (tertiary/aromatic N) is 2. The smallest absolute Gasteiger partial charge is 0.410 e. The molecular formula is C15H25N5O2. The van der Waals surface area contributed by atoms with Gasteiger partial charge >= 0.3 is 6.09 Å². The molecule has 2 heterocycles. The molecule has 1 saturated heterocycles. The highest BCUT2D eigenvalue weighted by Gasteiger charge is 2.54. The third-order valence-electron chi connectivity index (χ3n) is 4.25. The van der Waals surface area contributed by atoms with Crippen LogP contribution in [0.15, 0.2) is 23.8 Å². The van der Waals surface area contributed by atoms with Gasteiger partial charge in [0, 0.05) is 32.0 Å². The minimum Gasteiger partial charge on any atom is -0.444 e. The first-order chi connectivity index (χ1) is 10.3. The first-order valence-corrected chi connectivity index (χ1v) is 7.74. The van der Waals surface area contributed by atoms with Crippen LogP contribution in [0.3, 0.4) is 0 Å². The zero-order valence-corrected chi connectivity index (χ0v) is 13.5. The molecule has 0 radical (unpaired) electrons. The fourth-order valence-corrected chi connectivity index (χ4v) is 3.02. The molecule has 0 aromatic carbocycles. The van der Waals surface area contributed by atoms with Crippen molar-refractivity contribution in [3.8, 4) is 0 Å². The second kappa shape index (κ2) is 5.00. The van der Waals surface area contributed by atoms with Crippen molar-refractivity contribution in [1.29, 1.82) is 0 Å². The third-order valence-corrected chi connectivity index (χ3v) is 4.25. The molecule has 2 fully saturated rings. The van der Waals surface area contributed by atoms with E-state index < -0.39 is 5.60 Å². The normalized spacial score (nSPS) is 23.2. The number of hydrogen-bond acceptors (Lipinski definition) is 6. The molecule has 0 bridgehead atoms. The average molecular weight is 307 g/mol. The molecule has 3 rings (SSSR count). The predicted octanol–water partition coefficient (Wildman–Crippen LogP) is 0.821. The number of nitrogens with two attached hydrogens (primary N) is 1. The van der Waals surface area contributed by atoms with Crippen LogP contribution in [0, 0.1) is 0 Å². The Morgan fingerprint density at radius 2 is 1.95 bits per heavy atom. The standard InChI is InChI=1S/C15H25N5O2/c1-14(2,3)22-13(21)20-7-6-19(10-15(20)4-5-15)12-9-18-17-8-11(12)16/h8-9,17-18H,4-7,10,16H2,1-3H3. The summed E-state index contributed by atoms with van der Waals surface area (Å²) in [4.78, 5) is 16.6. The lowest BCUT2D eigenvalue weighted by molar-refractivity contribution is -0.00262. The molecule has 0 atom stereocenters. The summed E-state index contributed by atoms with van der Waals surface area (Å²) < 4.78 is 5.55. The second-order valence-corrected chi connectivity index (χ2v) is 7.20. The van der Waals surface area contributed by atoms with E-state index in [9.17, 15) is 4.79 Å². The molecule has 0 aromatic heterocycles. The van der Waals surface area contributed by atoms with Crippen molar-refractivity contribution in [3.05, 3.63) is 23.8 Å². The summed E-state index contributed by atoms with van der Waals surface area (Å²) in [7, 11) is 0. The molecule has 1 spiro atoms. The number of piperazine rings is 1. The molecule has 4 N–H and O–H groups in total. The Morgan fingerprint density at radius 3 is 2.55 bits per heavy atom. The molecule has 1 amide bonds. The molecule has 7 heteroatoms. The maximum absolute atomic E-state index is 12.4. The van der Waals surface area contributed by atoms with Crippen LogP contribution < -0.4 is 16.6 Å². The Labute approximate surface area is 131 Å². The van der Waals surface area contributed by atoms with Crippen molar-refractivity contribution in [2.45, 2.75) is 44.8 Å². The molecule has 1 aliphatic carbocycles. The van der Waals surface area contributed by atoms with Crippen molar-refractivity contribution in [3.63, 3.8) is 0 Å². The highest BCUT2D eigenvalue weighted by molar-refractivity contribution is 5.70. The quantitative estimate of drug-likeness (QED) is 0.665. The first kappa shape index (κ1) is 14.9. The lowest BCUT2D eigenvalue weighted by Crippen LogP contribution is -2.58. The van der Waals surface area contributed by atoms with Gasteiger partial charge in [-0.3, -0.25) is 4.90 Å². The van der Waals surface area contributed by atoms with E-state index in [-0.39, 0.29) is 11.6 Å². The summed E-state index contributed by atoms with van der Waals surface area (Å²) in [5, 5.41) is 0. The van der Waals surface area contributed by atoms with Crippen molar-refractivity contribution in [2.24, 2.45) is 5.73 Å². The number of rotatable bonds is 1. The third kappa shape index (κ3) is 2.80.